The SMILES string of the molecule is Cc1cc(O)ccc1/N=C1/NC(=O)/C(=C/c2cnc(NC(=O)CN3CCN(C)CC3)s2)S1. The van der Waals surface area contributed by atoms with Crippen LogP contribution in [0.5, 0.6) is 5.75 Å². The molecule has 0 bridgehead atoms. The molecule has 2 saturated heterocycles. The van der Waals surface area contributed by atoms with Crippen molar-refractivity contribution in [3.8, 4) is 5.75 Å². The number of phenolic OH excluding ortho intramolecular Hbond substituents is 1. The molecule has 2 amide bonds. The summed E-state index contributed by atoms with van der Waals surface area (Å²) in [6.07, 6.45) is 3.37. The van der Waals surface area contributed by atoms with Crippen molar-refractivity contribution in [3.05, 3.63) is 39.7 Å². The highest BCUT2D eigenvalue weighted by Gasteiger charge is 2.24. The number of hydrogen-bond donors (Lipinski definition) is 3. The normalized spacial score (nSPS) is 20.1. The zero-order chi connectivity index (χ0) is 22.7. The molecule has 4 rings (SSSR count). The Labute approximate surface area is 194 Å². The number of thioether (sulfide) groups is 1. The molecule has 0 aliphatic carbocycles. The Morgan fingerprint density at radius 1 is 1.34 bits per heavy atom. The third kappa shape index (κ3) is 5.74. The highest BCUT2D eigenvalue weighted by atomic mass is 32.2. The number of rotatable bonds is 5. The molecule has 0 saturated carbocycles. The summed E-state index contributed by atoms with van der Waals surface area (Å²) in [6, 6.07) is 4.88. The van der Waals surface area contributed by atoms with Crippen molar-refractivity contribution in [2.75, 3.05) is 45.1 Å². The van der Waals surface area contributed by atoms with Crippen LogP contribution in [0.25, 0.3) is 6.08 Å². The van der Waals surface area contributed by atoms with E-state index in [1.54, 1.807) is 30.5 Å². The van der Waals surface area contributed by atoms with Gasteiger partial charge in [0.2, 0.25) is 5.91 Å². The number of anilines is 1. The van der Waals surface area contributed by atoms with Gasteiger partial charge in [0.25, 0.3) is 5.91 Å². The summed E-state index contributed by atoms with van der Waals surface area (Å²) >= 11 is 2.55. The topological polar surface area (TPSA) is 110 Å². The fourth-order valence-electron chi connectivity index (χ4n) is 3.26. The Kier molecular flexibility index (Phi) is 6.89. The molecule has 0 atom stereocenters. The lowest BCUT2D eigenvalue weighted by atomic mass is 10.2. The van der Waals surface area contributed by atoms with Crippen molar-refractivity contribution in [2.24, 2.45) is 4.99 Å². The van der Waals surface area contributed by atoms with Crippen LogP contribution >= 0.6 is 23.1 Å². The summed E-state index contributed by atoms with van der Waals surface area (Å²) in [6.45, 7) is 5.85. The van der Waals surface area contributed by atoms with Gasteiger partial charge in [-0.2, -0.15) is 0 Å². The molecule has 11 heteroatoms. The molecule has 3 N–H and O–H groups in total. The quantitative estimate of drug-likeness (QED) is 0.573. The van der Waals surface area contributed by atoms with Crippen LogP contribution in [0.15, 0.2) is 34.3 Å². The summed E-state index contributed by atoms with van der Waals surface area (Å²) in [5, 5.41) is 16.1. The summed E-state index contributed by atoms with van der Waals surface area (Å²) in [5.74, 6) is -0.152. The van der Waals surface area contributed by atoms with Gasteiger partial charge in [0.1, 0.15) is 5.75 Å². The van der Waals surface area contributed by atoms with Crippen LogP contribution in [0.2, 0.25) is 0 Å². The van der Waals surface area contributed by atoms with Gasteiger partial charge in [-0.15, -0.1) is 0 Å². The maximum Gasteiger partial charge on any atom is 0.264 e. The van der Waals surface area contributed by atoms with E-state index >= 15 is 0 Å². The third-order valence-corrected chi connectivity index (χ3v) is 6.83. The summed E-state index contributed by atoms with van der Waals surface area (Å²) in [5.41, 5.74) is 1.49. The summed E-state index contributed by atoms with van der Waals surface area (Å²) in [4.78, 5) is 39.0. The molecule has 2 aliphatic rings. The molecule has 2 aromatic rings. The van der Waals surface area contributed by atoms with Crippen molar-refractivity contribution in [1.29, 1.82) is 0 Å². The van der Waals surface area contributed by atoms with E-state index in [0.717, 1.165) is 36.6 Å². The van der Waals surface area contributed by atoms with E-state index in [1.807, 2.05) is 6.92 Å². The molecule has 0 radical (unpaired) electrons. The van der Waals surface area contributed by atoms with Gasteiger partial charge in [-0.1, -0.05) is 11.3 Å². The van der Waals surface area contributed by atoms with Crippen molar-refractivity contribution in [2.45, 2.75) is 6.92 Å². The number of nitrogens with zero attached hydrogens (tertiary/aromatic N) is 4. The van der Waals surface area contributed by atoms with Crippen molar-refractivity contribution >= 4 is 57.0 Å². The Balaban J connectivity index is 1.36. The minimum atomic E-state index is -0.237. The van der Waals surface area contributed by atoms with E-state index in [-0.39, 0.29) is 17.6 Å². The number of carbonyl (C=O) groups excluding carboxylic acids is 2. The molecule has 0 unspecified atom stereocenters. The Morgan fingerprint density at radius 3 is 2.88 bits per heavy atom. The van der Waals surface area contributed by atoms with Gasteiger partial charge in [-0.05, 0) is 55.6 Å². The first kappa shape index (κ1) is 22.5. The molecular formula is C21H24N6O3S2. The van der Waals surface area contributed by atoms with Gasteiger partial charge in [0.05, 0.1) is 22.0 Å². The lowest BCUT2D eigenvalue weighted by Gasteiger charge is -2.31. The van der Waals surface area contributed by atoms with Gasteiger partial charge in [-0.25, -0.2) is 9.98 Å². The second kappa shape index (κ2) is 9.82. The first-order valence-corrected chi connectivity index (χ1v) is 11.7. The largest absolute Gasteiger partial charge is 0.508 e. The Hall–Kier alpha value is -2.73. The molecule has 1 aromatic carbocycles. The molecule has 0 spiro atoms. The predicted molar refractivity (Wildman–Crippen MR) is 128 cm³/mol. The first-order chi connectivity index (χ1) is 15.4. The molecule has 1 aromatic heterocycles. The molecule has 9 nitrogen and oxygen atoms in total. The van der Waals surface area contributed by atoms with Gasteiger partial charge < -0.3 is 20.6 Å². The molecule has 168 valence electrons. The zero-order valence-electron chi connectivity index (χ0n) is 17.8. The van der Waals surface area contributed by atoms with Crippen LogP contribution in [0, 0.1) is 6.92 Å². The number of aryl methyl sites for hydroxylation is 1. The smallest absolute Gasteiger partial charge is 0.264 e. The fourth-order valence-corrected chi connectivity index (χ4v) is 4.94. The minimum Gasteiger partial charge on any atom is -0.508 e. The number of thiazole rings is 1. The fraction of sp³-hybridized carbons (Fsp3) is 0.333. The molecular weight excluding hydrogens is 448 g/mol. The standard InChI is InChI=1S/C21H24N6O3S2/c1-13-9-14(28)3-4-16(13)23-21-25-19(30)17(32-21)10-15-11-22-20(31-15)24-18(29)12-27-7-5-26(2)6-8-27/h3-4,9-11,28H,5-8,12H2,1-2H3,(H,22,24,29)(H,23,25,30)/b17-10-. The van der Waals surface area contributed by atoms with Crippen LogP contribution in [0.4, 0.5) is 10.8 Å². The van der Waals surface area contributed by atoms with E-state index in [2.05, 4.69) is 37.5 Å². The number of carbonyl (C=O) groups is 2. The number of phenols is 1. The molecule has 3 heterocycles. The Bertz CT molecular complexity index is 1090. The molecule has 32 heavy (non-hydrogen) atoms. The average molecular weight is 473 g/mol. The van der Waals surface area contributed by atoms with Crippen LogP contribution in [-0.2, 0) is 9.59 Å². The highest BCUT2D eigenvalue weighted by Crippen LogP contribution is 2.31. The Morgan fingerprint density at radius 2 is 2.12 bits per heavy atom. The number of hydrogen-bond acceptors (Lipinski definition) is 9. The van der Waals surface area contributed by atoms with E-state index in [0.29, 0.717) is 27.4 Å². The lowest BCUT2D eigenvalue weighted by molar-refractivity contribution is -0.117. The van der Waals surface area contributed by atoms with Crippen LogP contribution in [0.3, 0.4) is 0 Å². The second-order valence-corrected chi connectivity index (χ2v) is 9.74. The van der Waals surface area contributed by atoms with E-state index in [4.69, 9.17) is 0 Å². The van der Waals surface area contributed by atoms with Crippen molar-refractivity contribution < 1.29 is 14.7 Å². The molecule has 2 fully saturated rings. The van der Waals surface area contributed by atoms with Crippen LogP contribution in [-0.4, -0.2) is 76.6 Å². The van der Waals surface area contributed by atoms with Gasteiger partial charge in [0, 0.05) is 32.4 Å². The summed E-state index contributed by atoms with van der Waals surface area (Å²) < 4.78 is 0. The number of aromatic nitrogens is 1. The number of amides is 2. The van der Waals surface area contributed by atoms with Crippen molar-refractivity contribution in [1.82, 2.24) is 20.1 Å². The van der Waals surface area contributed by atoms with Crippen LogP contribution < -0.4 is 10.6 Å². The van der Waals surface area contributed by atoms with E-state index in [9.17, 15) is 14.7 Å². The monoisotopic (exact) mass is 472 g/mol. The highest BCUT2D eigenvalue weighted by molar-refractivity contribution is 8.18. The second-order valence-electron chi connectivity index (χ2n) is 7.65. The average Bonchev–Trinajstić information content (AvgIpc) is 3.32. The van der Waals surface area contributed by atoms with Gasteiger partial charge >= 0.3 is 0 Å². The number of aliphatic imine (C=N–C) groups is 1. The maximum atomic E-state index is 12.3. The van der Waals surface area contributed by atoms with Crippen molar-refractivity contribution in [3.63, 3.8) is 0 Å². The van der Waals surface area contributed by atoms with E-state index < -0.39 is 0 Å². The zero-order valence-corrected chi connectivity index (χ0v) is 19.4. The predicted octanol–water partition coefficient (Wildman–Crippen LogP) is 2.23. The number of nitrogens with one attached hydrogen (secondary N) is 2. The molecule has 2 aliphatic heterocycles. The minimum absolute atomic E-state index is 0.0882. The number of likely N-dealkylation sites (N-methyl/N-ethyl adjacent to an activating group) is 1. The number of amidine groups is 1. The van der Waals surface area contributed by atoms with E-state index in [1.165, 1.54) is 23.1 Å². The maximum absolute atomic E-state index is 12.3. The lowest BCUT2D eigenvalue weighted by Crippen LogP contribution is -2.47. The van der Waals surface area contributed by atoms with Gasteiger partial charge in [-0.3, -0.25) is 14.5 Å². The number of piperazine rings is 1. The summed E-state index contributed by atoms with van der Waals surface area (Å²) in [7, 11) is 2.08. The van der Waals surface area contributed by atoms with Gasteiger partial charge in [0.15, 0.2) is 10.3 Å². The first-order valence-electron chi connectivity index (χ1n) is 10.1. The van der Waals surface area contributed by atoms with Crippen LogP contribution in [0.1, 0.15) is 10.4 Å². The third-order valence-electron chi connectivity index (χ3n) is 5.06. The number of benzene rings is 1. The number of aromatic hydroxyl groups is 1.